The Bertz CT molecular complexity index is 826. The van der Waals surface area contributed by atoms with Crippen LogP contribution in [0, 0.1) is 5.92 Å². The molecule has 1 aromatic carbocycles. The van der Waals surface area contributed by atoms with Crippen LogP contribution in [0.15, 0.2) is 36.5 Å². The van der Waals surface area contributed by atoms with E-state index in [1.165, 1.54) is 0 Å². The van der Waals surface area contributed by atoms with Crippen LogP contribution >= 0.6 is 0 Å². The first-order chi connectivity index (χ1) is 14.7. The average Bonchev–Trinajstić information content (AvgIpc) is 3.23. The van der Waals surface area contributed by atoms with Crippen molar-refractivity contribution in [3.05, 3.63) is 47.8 Å². The lowest BCUT2D eigenvalue weighted by Crippen LogP contribution is -2.43. The summed E-state index contributed by atoms with van der Waals surface area (Å²) >= 11 is 0. The van der Waals surface area contributed by atoms with Crippen molar-refractivity contribution in [2.45, 2.75) is 39.5 Å². The quantitative estimate of drug-likeness (QED) is 0.643. The first kappa shape index (κ1) is 22.0. The molecular formula is C23H32N4O3. The Hall–Kier alpha value is -2.67. The second kappa shape index (κ2) is 10.9. The molecule has 7 nitrogen and oxygen atoms in total. The van der Waals surface area contributed by atoms with Crippen LogP contribution in [0.5, 0.6) is 0 Å². The maximum Gasteiger partial charge on any atom is 0.257 e. The number of piperidine rings is 1. The number of rotatable bonds is 9. The number of benzene rings is 1. The molecule has 0 spiro atoms. The summed E-state index contributed by atoms with van der Waals surface area (Å²) in [5, 5.41) is 7.46. The van der Waals surface area contributed by atoms with E-state index < -0.39 is 0 Å². The van der Waals surface area contributed by atoms with Crippen LogP contribution < -0.4 is 5.32 Å². The zero-order valence-electron chi connectivity index (χ0n) is 18.0. The van der Waals surface area contributed by atoms with Gasteiger partial charge in [-0.3, -0.25) is 9.59 Å². The highest BCUT2D eigenvalue weighted by molar-refractivity contribution is 5.95. The molecule has 0 atom stereocenters. The van der Waals surface area contributed by atoms with Crippen LogP contribution in [-0.2, 0) is 16.0 Å². The number of ether oxygens (including phenoxy) is 1. The number of nitrogens with zero attached hydrogens (tertiary/aromatic N) is 3. The van der Waals surface area contributed by atoms with E-state index in [4.69, 9.17) is 4.74 Å². The topological polar surface area (TPSA) is 76.5 Å². The summed E-state index contributed by atoms with van der Waals surface area (Å²) in [5.41, 5.74) is 2.52. The number of para-hydroxylation sites is 1. The van der Waals surface area contributed by atoms with Crippen LogP contribution in [-0.4, -0.2) is 59.3 Å². The molecule has 2 heterocycles. The molecule has 2 amide bonds. The zero-order chi connectivity index (χ0) is 21.3. The molecule has 3 rings (SSSR count). The van der Waals surface area contributed by atoms with Gasteiger partial charge in [-0.15, -0.1) is 0 Å². The normalized spacial score (nSPS) is 14.7. The van der Waals surface area contributed by atoms with E-state index in [1.54, 1.807) is 6.20 Å². The molecule has 0 bridgehead atoms. The number of aromatic nitrogens is 2. The van der Waals surface area contributed by atoms with Gasteiger partial charge in [0.1, 0.15) is 0 Å². The lowest BCUT2D eigenvalue weighted by atomic mass is 9.95. The third-order valence-corrected chi connectivity index (χ3v) is 5.56. The molecule has 1 fully saturated rings. The summed E-state index contributed by atoms with van der Waals surface area (Å²) in [5.74, 6) is 0.0631. The maximum absolute atomic E-state index is 13.1. The first-order valence-corrected chi connectivity index (χ1v) is 10.9. The van der Waals surface area contributed by atoms with Gasteiger partial charge in [-0.05, 0) is 44.7 Å². The highest BCUT2D eigenvalue weighted by Gasteiger charge is 2.29. The van der Waals surface area contributed by atoms with Gasteiger partial charge in [0.25, 0.3) is 5.91 Å². The first-order valence-electron chi connectivity index (χ1n) is 10.9. The molecule has 1 aliphatic heterocycles. The van der Waals surface area contributed by atoms with Gasteiger partial charge in [-0.25, -0.2) is 4.68 Å². The molecule has 1 aliphatic rings. The number of likely N-dealkylation sites (tertiary alicyclic amines) is 1. The molecule has 0 unspecified atom stereocenters. The molecule has 1 saturated heterocycles. The van der Waals surface area contributed by atoms with Crippen molar-refractivity contribution in [2.75, 3.05) is 32.8 Å². The zero-order valence-corrected chi connectivity index (χ0v) is 18.0. The highest BCUT2D eigenvalue weighted by Crippen LogP contribution is 2.22. The Morgan fingerprint density at radius 1 is 1.17 bits per heavy atom. The van der Waals surface area contributed by atoms with E-state index in [1.807, 2.05) is 53.8 Å². The maximum atomic E-state index is 13.1. The van der Waals surface area contributed by atoms with E-state index in [2.05, 4.69) is 10.4 Å². The largest absolute Gasteiger partial charge is 0.382 e. The Morgan fingerprint density at radius 3 is 2.57 bits per heavy atom. The van der Waals surface area contributed by atoms with E-state index in [0.29, 0.717) is 51.3 Å². The van der Waals surface area contributed by atoms with Crippen LogP contribution in [0.4, 0.5) is 0 Å². The molecule has 1 aromatic heterocycles. The minimum atomic E-state index is -0.0289. The molecule has 30 heavy (non-hydrogen) atoms. The second-order valence-corrected chi connectivity index (χ2v) is 7.51. The number of amides is 2. The summed E-state index contributed by atoms with van der Waals surface area (Å²) in [4.78, 5) is 27.4. The minimum Gasteiger partial charge on any atom is -0.382 e. The van der Waals surface area contributed by atoms with Gasteiger partial charge in [0, 0.05) is 38.8 Å². The fraction of sp³-hybridized carbons (Fsp3) is 0.522. The average molecular weight is 413 g/mol. The van der Waals surface area contributed by atoms with Gasteiger partial charge in [0.2, 0.25) is 5.91 Å². The Balaban J connectivity index is 1.56. The van der Waals surface area contributed by atoms with Gasteiger partial charge in [0.15, 0.2) is 0 Å². The van der Waals surface area contributed by atoms with Crippen molar-refractivity contribution >= 4 is 11.8 Å². The van der Waals surface area contributed by atoms with Crippen LogP contribution in [0.25, 0.3) is 5.69 Å². The molecule has 162 valence electrons. The number of carbonyl (C=O) groups is 2. The van der Waals surface area contributed by atoms with E-state index >= 15 is 0 Å². The predicted octanol–water partition coefficient (Wildman–Crippen LogP) is 2.83. The fourth-order valence-electron chi connectivity index (χ4n) is 3.87. The third kappa shape index (κ3) is 5.27. The number of hydrogen-bond donors (Lipinski definition) is 1. The van der Waals surface area contributed by atoms with Gasteiger partial charge in [0.05, 0.1) is 23.1 Å². The van der Waals surface area contributed by atoms with Crippen LogP contribution in [0.2, 0.25) is 0 Å². The highest BCUT2D eigenvalue weighted by atomic mass is 16.5. The molecule has 0 aliphatic carbocycles. The summed E-state index contributed by atoms with van der Waals surface area (Å²) in [6, 6.07) is 9.86. The third-order valence-electron chi connectivity index (χ3n) is 5.56. The standard InChI is InChI=1S/C23H32N4O3/c1-3-21-20(17-25-27(21)19-9-6-5-7-10-19)23(29)26-14-11-18(12-15-26)22(28)24-13-8-16-30-4-2/h5-7,9-10,17-18H,3-4,8,11-16H2,1-2H3,(H,24,28). The number of hydrogen-bond acceptors (Lipinski definition) is 4. The molecule has 2 aromatic rings. The van der Waals surface area contributed by atoms with E-state index in [0.717, 1.165) is 24.2 Å². The van der Waals surface area contributed by atoms with Crippen LogP contribution in [0.3, 0.4) is 0 Å². The molecule has 0 saturated carbocycles. The SMILES string of the molecule is CCOCCCNC(=O)C1CCN(C(=O)c2cnn(-c3ccccc3)c2CC)CC1. The predicted molar refractivity (Wildman–Crippen MR) is 116 cm³/mol. The number of carbonyl (C=O) groups excluding carboxylic acids is 2. The minimum absolute atomic E-state index is 0.00426. The van der Waals surface area contributed by atoms with Crippen LogP contribution in [0.1, 0.15) is 49.2 Å². The fourth-order valence-corrected chi connectivity index (χ4v) is 3.87. The molecule has 1 N–H and O–H groups in total. The molecular weight excluding hydrogens is 380 g/mol. The Labute approximate surface area is 178 Å². The van der Waals surface area contributed by atoms with Crippen molar-refractivity contribution in [2.24, 2.45) is 5.92 Å². The second-order valence-electron chi connectivity index (χ2n) is 7.51. The Kier molecular flexibility index (Phi) is 8.02. The lowest BCUT2D eigenvalue weighted by molar-refractivity contribution is -0.126. The van der Waals surface area contributed by atoms with Crippen molar-refractivity contribution in [3.8, 4) is 5.69 Å². The van der Waals surface area contributed by atoms with Gasteiger partial charge >= 0.3 is 0 Å². The Morgan fingerprint density at radius 2 is 1.90 bits per heavy atom. The van der Waals surface area contributed by atoms with Crippen molar-refractivity contribution in [1.82, 2.24) is 20.0 Å². The summed E-state index contributed by atoms with van der Waals surface area (Å²) < 4.78 is 7.13. The van der Waals surface area contributed by atoms with Crippen molar-refractivity contribution in [3.63, 3.8) is 0 Å². The number of nitrogens with one attached hydrogen (secondary N) is 1. The summed E-state index contributed by atoms with van der Waals surface area (Å²) in [6.45, 7) is 7.19. The summed E-state index contributed by atoms with van der Waals surface area (Å²) in [7, 11) is 0. The van der Waals surface area contributed by atoms with Crippen molar-refractivity contribution < 1.29 is 14.3 Å². The van der Waals surface area contributed by atoms with Crippen molar-refractivity contribution in [1.29, 1.82) is 0 Å². The smallest absolute Gasteiger partial charge is 0.257 e. The van der Waals surface area contributed by atoms with Gasteiger partial charge in [-0.1, -0.05) is 25.1 Å². The van der Waals surface area contributed by atoms with Gasteiger partial charge < -0.3 is 15.0 Å². The molecule has 0 radical (unpaired) electrons. The summed E-state index contributed by atoms with van der Waals surface area (Å²) in [6.07, 6.45) is 4.60. The van der Waals surface area contributed by atoms with E-state index in [-0.39, 0.29) is 17.7 Å². The van der Waals surface area contributed by atoms with Gasteiger partial charge in [-0.2, -0.15) is 5.10 Å². The lowest BCUT2D eigenvalue weighted by Gasteiger charge is -2.31. The molecule has 7 heteroatoms. The monoisotopic (exact) mass is 412 g/mol. The van der Waals surface area contributed by atoms with E-state index in [9.17, 15) is 9.59 Å².